The highest BCUT2D eigenvalue weighted by atomic mass is 32.2. The zero-order valence-corrected chi connectivity index (χ0v) is 28.4. The van der Waals surface area contributed by atoms with Crippen LogP contribution in [-0.2, 0) is 19.5 Å². The Balaban J connectivity index is 1.61. The monoisotopic (exact) mass is 642 g/mol. The molecule has 12 heteroatoms. The minimum atomic E-state index is -4.21. The van der Waals surface area contributed by atoms with Crippen LogP contribution >= 0.6 is 0 Å². The van der Waals surface area contributed by atoms with Gasteiger partial charge in [0.05, 0.1) is 41.8 Å². The number of sulfonamides is 1. The summed E-state index contributed by atoms with van der Waals surface area (Å²) < 4.78 is 48.2. The van der Waals surface area contributed by atoms with Gasteiger partial charge in [-0.15, -0.1) is 0 Å². The summed E-state index contributed by atoms with van der Waals surface area (Å²) in [7, 11) is -4.21. The van der Waals surface area contributed by atoms with Crippen molar-refractivity contribution in [3.05, 3.63) is 47.7 Å². The van der Waals surface area contributed by atoms with Gasteiger partial charge >= 0.3 is 6.09 Å². The number of pyridine rings is 1. The number of ether oxygens (including phenoxy) is 3. The molecule has 1 atom stereocenters. The van der Waals surface area contributed by atoms with Crippen molar-refractivity contribution in [3.8, 4) is 5.88 Å². The summed E-state index contributed by atoms with van der Waals surface area (Å²) in [5, 5.41) is 9.38. The van der Waals surface area contributed by atoms with Gasteiger partial charge in [-0.1, -0.05) is 6.07 Å². The number of rotatable bonds is 6. The van der Waals surface area contributed by atoms with Gasteiger partial charge in [0, 0.05) is 32.3 Å². The topological polar surface area (TPSA) is 122 Å². The van der Waals surface area contributed by atoms with Gasteiger partial charge in [0.15, 0.2) is 0 Å². The molecule has 0 radical (unpaired) electrons. The third-order valence-corrected chi connectivity index (χ3v) is 9.74. The van der Waals surface area contributed by atoms with Crippen molar-refractivity contribution >= 4 is 33.1 Å². The maximum atomic E-state index is 14.6. The van der Waals surface area contributed by atoms with Crippen molar-refractivity contribution in [1.29, 1.82) is 0 Å². The molecule has 0 unspecified atom stereocenters. The fraction of sp³-hybridized carbons (Fsp3) is 0.576. The number of hydrogen-bond donors (Lipinski definition) is 1. The molecule has 1 aromatic heterocycles. The molecule has 1 N–H and O–H groups in total. The van der Waals surface area contributed by atoms with Crippen molar-refractivity contribution in [3.63, 3.8) is 0 Å². The molecule has 4 heterocycles. The Bertz CT molecular complexity index is 1600. The standard InChI is InChI=1S/C33H46N4O7S/c1-22-15-28(29(34-19-22)42-14-13-38)45(40,41)37-21-25-20-35(30(39)43-31(2,3)4)11-12-36(25)26-10-9-23(16-27(26)37)24-17-32(5,6)44-33(7,8)18-24/h9-10,15-17,19,25,38H,11-14,18,20-21H2,1-8H3/t25-/m0/s1. The van der Waals surface area contributed by atoms with Gasteiger partial charge in [0.1, 0.15) is 17.1 Å². The molecule has 0 bridgehead atoms. The molecule has 1 aromatic carbocycles. The van der Waals surface area contributed by atoms with Crippen molar-refractivity contribution in [2.75, 3.05) is 48.6 Å². The normalized spacial score (nSPS) is 21.0. The number of benzene rings is 1. The second-order valence-corrected chi connectivity index (χ2v) is 16.0. The SMILES string of the molecule is Cc1cnc(OCCO)c(S(=O)(=O)N2C[C@@H]3CN(C(=O)OC(C)(C)C)CCN3c3ccc(C4=CC(C)(C)OC(C)(C)C4)cc32)c1. The summed E-state index contributed by atoms with van der Waals surface area (Å²) in [6.45, 7) is 16.4. The van der Waals surface area contributed by atoms with E-state index in [2.05, 4.69) is 29.8 Å². The predicted molar refractivity (Wildman–Crippen MR) is 173 cm³/mol. The number of amides is 1. The quantitative estimate of drug-likeness (QED) is 0.476. The molecule has 45 heavy (non-hydrogen) atoms. The van der Waals surface area contributed by atoms with Crippen LogP contribution in [0.3, 0.4) is 0 Å². The Morgan fingerprint density at radius 1 is 1.11 bits per heavy atom. The molecule has 1 fully saturated rings. The van der Waals surface area contributed by atoms with Crippen molar-refractivity contribution in [2.24, 2.45) is 0 Å². The van der Waals surface area contributed by atoms with Crippen LogP contribution < -0.4 is 13.9 Å². The molecule has 11 nitrogen and oxygen atoms in total. The van der Waals surface area contributed by atoms with Crippen LogP contribution in [0.2, 0.25) is 0 Å². The molecule has 0 spiro atoms. The molecule has 2 aromatic rings. The van der Waals surface area contributed by atoms with Crippen LogP contribution in [-0.4, -0.2) is 91.7 Å². The lowest BCUT2D eigenvalue weighted by molar-refractivity contribution is -0.100. The highest BCUT2D eigenvalue weighted by molar-refractivity contribution is 7.93. The Morgan fingerprint density at radius 3 is 2.51 bits per heavy atom. The number of nitrogens with zero attached hydrogens (tertiary/aromatic N) is 4. The average molecular weight is 643 g/mol. The van der Waals surface area contributed by atoms with E-state index in [0.717, 1.165) is 16.8 Å². The lowest BCUT2D eigenvalue weighted by atomic mass is 9.85. The predicted octanol–water partition coefficient (Wildman–Crippen LogP) is 4.76. The third kappa shape index (κ3) is 7.07. The number of piperazine rings is 1. The summed E-state index contributed by atoms with van der Waals surface area (Å²) in [5.74, 6) is -0.0653. The Kier molecular flexibility index (Phi) is 8.65. The number of aliphatic hydroxyl groups excluding tert-OH is 1. The Morgan fingerprint density at radius 2 is 1.84 bits per heavy atom. The van der Waals surface area contributed by atoms with Crippen LogP contribution in [0.5, 0.6) is 5.88 Å². The first-order valence-corrected chi connectivity index (χ1v) is 16.9. The number of carbonyl (C=O) groups is 1. The van der Waals surface area contributed by atoms with Gasteiger partial charge in [-0.25, -0.2) is 18.2 Å². The molecule has 3 aliphatic rings. The number of aryl methyl sites for hydroxylation is 1. The van der Waals surface area contributed by atoms with Crippen molar-refractivity contribution in [2.45, 2.75) is 89.6 Å². The van der Waals surface area contributed by atoms with E-state index in [9.17, 15) is 18.3 Å². The molecular weight excluding hydrogens is 596 g/mol. The lowest BCUT2D eigenvalue weighted by Gasteiger charge is -2.49. The smallest absolute Gasteiger partial charge is 0.410 e. The molecule has 1 saturated heterocycles. The first-order valence-electron chi connectivity index (χ1n) is 15.4. The molecule has 0 saturated carbocycles. The van der Waals surface area contributed by atoms with Gasteiger partial charge in [-0.2, -0.15) is 0 Å². The number of hydrogen-bond acceptors (Lipinski definition) is 9. The molecule has 3 aliphatic heterocycles. The number of anilines is 2. The van der Waals surface area contributed by atoms with Gasteiger partial charge in [0.2, 0.25) is 5.88 Å². The fourth-order valence-electron chi connectivity index (χ4n) is 6.48. The second-order valence-electron chi connectivity index (χ2n) is 14.2. The maximum absolute atomic E-state index is 14.6. The first-order chi connectivity index (χ1) is 20.9. The third-order valence-electron chi connectivity index (χ3n) is 7.97. The van der Waals surface area contributed by atoms with Crippen LogP contribution in [0.1, 0.15) is 66.0 Å². The van der Waals surface area contributed by atoms with E-state index in [0.29, 0.717) is 37.3 Å². The Hall–Kier alpha value is -3.35. The van der Waals surface area contributed by atoms with Crippen molar-refractivity contribution < 1.29 is 32.5 Å². The van der Waals surface area contributed by atoms with Crippen LogP contribution in [0.4, 0.5) is 16.2 Å². The number of aromatic nitrogens is 1. The van der Waals surface area contributed by atoms with Gasteiger partial charge in [-0.3, -0.25) is 4.31 Å². The molecular formula is C33H46N4O7S. The van der Waals surface area contributed by atoms with Gasteiger partial charge < -0.3 is 29.1 Å². The highest BCUT2D eigenvalue weighted by Gasteiger charge is 2.43. The number of fused-ring (bicyclic) bond motifs is 3. The molecule has 5 rings (SSSR count). The summed E-state index contributed by atoms with van der Waals surface area (Å²) in [6.07, 6.45) is 3.89. The van der Waals surface area contributed by atoms with E-state index in [4.69, 9.17) is 14.2 Å². The van der Waals surface area contributed by atoms with Crippen LogP contribution in [0.15, 0.2) is 41.4 Å². The van der Waals surface area contributed by atoms with E-state index in [-0.39, 0.29) is 36.6 Å². The largest absolute Gasteiger partial charge is 0.474 e. The maximum Gasteiger partial charge on any atom is 0.410 e. The lowest BCUT2D eigenvalue weighted by Crippen LogP contribution is -2.61. The van der Waals surface area contributed by atoms with E-state index < -0.39 is 32.9 Å². The van der Waals surface area contributed by atoms with Crippen molar-refractivity contribution in [1.82, 2.24) is 9.88 Å². The average Bonchev–Trinajstić information content (AvgIpc) is 2.92. The van der Waals surface area contributed by atoms with Gasteiger partial charge in [-0.05, 0) is 96.4 Å². The fourth-order valence-corrected chi connectivity index (χ4v) is 8.16. The second kappa shape index (κ2) is 11.8. The summed E-state index contributed by atoms with van der Waals surface area (Å²) >= 11 is 0. The molecule has 0 aliphatic carbocycles. The van der Waals surface area contributed by atoms with E-state index in [1.807, 2.05) is 52.8 Å². The number of carbonyl (C=O) groups excluding carboxylic acids is 1. The minimum Gasteiger partial charge on any atom is -0.474 e. The summed E-state index contributed by atoms with van der Waals surface area (Å²) in [6, 6.07) is 7.20. The summed E-state index contributed by atoms with van der Waals surface area (Å²) in [5.41, 5.74) is 2.44. The Labute approximate surface area is 266 Å². The zero-order valence-electron chi connectivity index (χ0n) is 27.6. The van der Waals surface area contributed by atoms with Gasteiger partial charge in [0.25, 0.3) is 10.0 Å². The van der Waals surface area contributed by atoms with Crippen LogP contribution in [0.25, 0.3) is 5.57 Å². The minimum absolute atomic E-state index is 0.0653. The summed E-state index contributed by atoms with van der Waals surface area (Å²) in [4.78, 5) is 21.1. The van der Waals surface area contributed by atoms with Crippen LogP contribution in [0, 0.1) is 6.92 Å². The highest BCUT2D eigenvalue weighted by Crippen LogP contribution is 2.45. The van der Waals surface area contributed by atoms with E-state index >= 15 is 0 Å². The van der Waals surface area contributed by atoms with E-state index in [1.54, 1.807) is 17.9 Å². The zero-order chi connectivity index (χ0) is 32.9. The number of aliphatic hydroxyl groups is 1. The van der Waals surface area contributed by atoms with E-state index in [1.165, 1.54) is 10.5 Å². The molecule has 246 valence electrons. The molecule has 1 amide bonds. The first kappa shape index (κ1) is 33.0.